The topological polar surface area (TPSA) is 52.2 Å². The molecule has 0 aromatic carbocycles. The molecule has 0 aliphatic rings. The third-order valence-corrected chi connectivity index (χ3v) is 3.55. The lowest BCUT2D eigenvalue weighted by atomic mass is 10.1. The number of nitrogens with one attached hydrogen (secondary N) is 1. The van der Waals surface area contributed by atoms with E-state index in [4.69, 9.17) is 20.8 Å². The fourth-order valence-electron chi connectivity index (χ4n) is 2.24. The van der Waals surface area contributed by atoms with Crippen LogP contribution in [0.4, 0.5) is 0 Å². The van der Waals surface area contributed by atoms with Crippen molar-refractivity contribution in [3.05, 3.63) is 40.6 Å². The van der Waals surface area contributed by atoms with Crippen LogP contribution in [0.3, 0.4) is 0 Å². The molecule has 0 aliphatic heterocycles. The second-order valence-corrected chi connectivity index (χ2v) is 5.34. The van der Waals surface area contributed by atoms with Crippen LogP contribution in [0.2, 0.25) is 5.02 Å². The van der Waals surface area contributed by atoms with Crippen molar-refractivity contribution < 1.29 is 9.15 Å². The van der Waals surface area contributed by atoms with Gasteiger partial charge in [0.15, 0.2) is 0 Å². The van der Waals surface area contributed by atoms with Gasteiger partial charge < -0.3 is 14.5 Å². The Morgan fingerprint density at radius 3 is 2.90 bits per heavy atom. The SMILES string of the molecule is CCCNC(c1ccc(C)o1)c1c(Cl)cnn1CCOC. The molecule has 116 valence electrons. The fraction of sp³-hybridized carbons (Fsp3) is 0.533. The van der Waals surface area contributed by atoms with Crippen molar-refractivity contribution in [2.24, 2.45) is 0 Å². The average Bonchev–Trinajstić information content (AvgIpc) is 3.05. The summed E-state index contributed by atoms with van der Waals surface area (Å²) in [4.78, 5) is 0. The average molecular weight is 312 g/mol. The molecule has 0 saturated heterocycles. The molecule has 0 spiro atoms. The molecular weight excluding hydrogens is 290 g/mol. The zero-order valence-corrected chi connectivity index (χ0v) is 13.5. The number of rotatable bonds is 8. The van der Waals surface area contributed by atoms with E-state index in [1.54, 1.807) is 13.3 Å². The van der Waals surface area contributed by atoms with Crippen molar-refractivity contribution in [2.75, 3.05) is 20.3 Å². The number of furan rings is 1. The lowest BCUT2D eigenvalue weighted by Gasteiger charge is -2.18. The fourth-order valence-corrected chi connectivity index (χ4v) is 2.49. The molecule has 2 aromatic heterocycles. The molecule has 2 heterocycles. The van der Waals surface area contributed by atoms with E-state index in [1.165, 1.54) is 0 Å². The zero-order chi connectivity index (χ0) is 15.2. The van der Waals surface area contributed by atoms with E-state index in [2.05, 4.69) is 17.3 Å². The van der Waals surface area contributed by atoms with Crippen LogP contribution in [0.5, 0.6) is 0 Å². The highest BCUT2D eigenvalue weighted by atomic mass is 35.5. The third kappa shape index (κ3) is 3.87. The molecule has 5 nitrogen and oxygen atoms in total. The quantitative estimate of drug-likeness (QED) is 0.813. The van der Waals surface area contributed by atoms with Crippen LogP contribution in [-0.2, 0) is 11.3 Å². The highest BCUT2D eigenvalue weighted by Gasteiger charge is 2.24. The van der Waals surface area contributed by atoms with E-state index >= 15 is 0 Å². The predicted octanol–water partition coefficient (Wildman–Crippen LogP) is 3.17. The number of hydrogen-bond acceptors (Lipinski definition) is 4. The minimum atomic E-state index is -0.106. The van der Waals surface area contributed by atoms with Crippen molar-refractivity contribution in [2.45, 2.75) is 32.9 Å². The number of halogens is 1. The molecule has 0 fully saturated rings. The van der Waals surface area contributed by atoms with Crippen molar-refractivity contribution in [1.29, 1.82) is 0 Å². The van der Waals surface area contributed by atoms with E-state index in [-0.39, 0.29) is 6.04 Å². The maximum Gasteiger partial charge on any atom is 0.127 e. The van der Waals surface area contributed by atoms with Gasteiger partial charge in [0.05, 0.1) is 30.1 Å². The summed E-state index contributed by atoms with van der Waals surface area (Å²) in [6, 6.07) is 3.83. The van der Waals surface area contributed by atoms with Gasteiger partial charge in [0.25, 0.3) is 0 Å². The number of methoxy groups -OCH3 is 1. The first-order valence-electron chi connectivity index (χ1n) is 7.17. The first kappa shape index (κ1) is 16.1. The largest absolute Gasteiger partial charge is 0.464 e. The summed E-state index contributed by atoms with van der Waals surface area (Å²) >= 11 is 6.35. The number of hydrogen-bond donors (Lipinski definition) is 1. The highest BCUT2D eigenvalue weighted by Crippen LogP contribution is 2.29. The minimum Gasteiger partial charge on any atom is -0.464 e. The molecule has 0 radical (unpaired) electrons. The van der Waals surface area contributed by atoms with Gasteiger partial charge in [-0.15, -0.1) is 0 Å². The van der Waals surface area contributed by atoms with Gasteiger partial charge in [0, 0.05) is 7.11 Å². The summed E-state index contributed by atoms with van der Waals surface area (Å²) in [5, 5.41) is 8.45. The molecule has 0 aliphatic carbocycles. The second-order valence-electron chi connectivity index (χ2n) is 4.93. The zero-order valence-electron chi connectivity index (χ0n) is 12.7. The standard InChI is InChI=1S/C15H22ClN3O2/c1-4-7-17-14(13-6-5-11(2)21-13)15-12(16)10-18-19(15)8-9-20-3/h5-6,10,14,17H,4,7-9H2,1-3H3. The van der Waals surface area contributed by atoms with Crippen LogP contribution < -0.4 is 5.32 Å². The van der Waals surface area contributed by atoms with Crippen LogP contribution >= 0.6 is 11.6 Å². The van der Waals surface area contributed by atoms with Gasteiger partial charge in [0.2, 0.25) is 0 Å². The van der Waals surface area contributed by atoms with Gasteiger partial charge in [-0.3, -0.25) is 4.68 Å². The highest BCUT2D eigenvalue weighted by molar-refractivity contribution is 6.31. The Kier molecular flexibility index (Phi) is 5.85. The summed E-state index contributed by atoms with van der Waals surface area (Å²) in [5.41, 5.74) is 0.913. The van der Waals surface area contributed by atoms with Gasteiger partial charge in [-0.05, 0) is 32.0 Å². The molecule has 0 amide bonds. The Morgan fingerprint density at radius 2 is 2.29 bits per heavy atom. The van der Waals surface area contributed by atoms with Crippen LogP contribution in [0.25, 0.3) is 0 Å². The molecule has 2 aromatic rings. The van der Waals surface area contributed by atoms with E-state index in [1.807, 2.05) is 23.7 Å². The van der Waals surface area contributed by atoms with Gasteiger partial charge in [0.1, 0.15) is 17.6 Å². The Balaban J connectivity index is 2.33. The maximum atomic E-state index is 6.35. The van der Waals surface area contributed by atoms with Crippen LogP contribution in [0, 0.1) is 6.92 Å². The van der Waals surface area contributed by atoms with Crippen molar-refractivity contribution >= 4 is 11.6 Å². The number of aryl methyl sites for hydroxylation is 1. The monoisotopic (exact) mass is 311 g/mol. The number of ether oxygens (including phenoxy) is 1. The summed E-state index contributed by atoms with van der Waals surface area (Å²) in [7, 11) is 1.67. The molecule has 1 unspecified atom stereocenters. The molecule has 0 bridgehead atoms. The van der Waals surface area contributed by atoms with E-state index < -0.39 is 0 Å². The van der Waals surface area contributed by atoms with Gasteiger partial charge in [-0.1, -0.05) is 18.5 Å². The van der Waals surface area contributed by atoms with Gasteiger partial charge in [-0.2, -0.15) is 5.10 Å². The molecule has 1 N–H and O–H groups in total. The minimum absolute atomic E-state index is 0.106. The van der Waals surface area contributed by atoms with Gasteiger partial charge in [-0.25, -0.2) is 0 Å². The van der Waals surface area contributed by atoms with E-state index in [9.17, 15) is 0 Å². The molecule has 21 heavy (non-hydrogen) atoms. The first-order chi connectivity index (χ1) is 10.2. The lowest BCUT2D eigenvalue weighted by molar-refractivity contribution is 0.181. The molecule has 2 rings (SSSR count). The summed E-state index contributed by atoms with van der Waals surface area (Å²) in [6.45, 7) is 6.17. The molecule has 6 heteroatoms. The normalized spacial score (nSPS) is 12.8. The summed E-state index contributed by atoms with van der Waals surface area (Å²) in [5.74, 6) is 1.73. The van der Waals surface area contributed by atoms with Crippen LogP contribution in [0.15, 0.2) is 22.7 Å². The predicted molar refractivity (Wildman–Crippen MR) is 82.7 cm³/mol. The number of nitrogens with zero attached hydrogens (tertiary/aromatic N) is 2. The van der Waals surface area contributed by atoms with Crippen molar-refractivity contribution in [3.63, 3.8) is 0 Å². The van der Waals surface area contributed by atoms with Crippen molar-refractivity contribution in [3.8, 4) is 0 Å². The first-order valence-corrected chi connectivity index (χ1v) is 7.55. The second kappa shape index (κ2) is 7.64. The Labute approximate surface area is 130 Å². The van der Waals surface area contributed by atoms with Crippen LogP contribution in [0.1, 0.15) is 36.6 Å². The van der Waals surface area contributed by atoms with Crippen LogP contribution in [-0.4, -0.2) is 30.0 Å². The maximum absolute atomic E-state index is 6.35. The van der Waals surface area contributed by atoms with Gasteiger partial charge >= 0.3 is 0 Å². The number of aromatic nitrogens is 2. The van der Waals surface area contributed by atoms with E-state index in [0.29, 0.717) is 18.2 Å². The Bertz CT molecular complexity index is 565. The van der Waals surface area contributed by atoms with E-state index in [0.717, 1.165) is 30.2 Å². The molecular formula is C15H22ClN3O2. The molecule has 0 saturated carbocycles. The summed E-state index contributed by atoms with van der Waals surface area (Å²) < 4.78 is 12.8. The summed E-state index contributed by atoms with van der Waals surface area (Å²) in [6.07, 6.45) is 2.70. The lowest BCUT2D eigenvalue weighted by Crippen LogP contribution is -2.26. The smallest absolute Gasteiger partial charge is 0.127 e. The van der Waals surface area contributed by atoms with Crippen molar-refractivity contribution in [1.82, 2.24) is 15.1 Å². The Morgan fingerprint density at radius 1 is 1.48 bits per heavy atom. The third-order valence-electron chi connectivity index (χ3n) is 3.26. The Hall–Kier alpha value is -1.30. The molecule has 1 atom stereocenters.